The molecule has 0 atom stereocenters. The van der Waals surface area contributed by atoms with E-state index in [4.69, 9.17) is 0 Å². The van der Waals surface area contributed by atoms with E-state index in [0.717, 1.165) is 29.7 Å². The van der Waals surface area contributed by atoms with Crippen molar-refractivity contribution in [1.29, 1.82) is 0 Å². The molecule has 0 radical (unpaired) electrons. The average molecular weight is 219 g/mol. The van der Waals surface area contributed by atoms with Gasteiger partial charge in [0.05, 0.1) is 11.4 Å². The summed E-state index contributed by atoms with van der Waals surface area (Å²) in [5.74, 6) is 1.90. The first-order valence-electron chi connectivity index (χ1n) is 6.18. The molecule has 16 heavy (non-hydrogen) atoms. The van der Waals surface area contributed by atoms with E-state index in [9.17, 15) is 0 Å². The van der Waals surface area contributed by atoms with Crippen LogP contribution in [0.1, 0.15) is 37.1 Å². The normalized spacial score (nSPS) is 16.7. The SMILES string of the molecule is Cc1cnc(C)c(N(C)CC2CCCC2)n1. The molecule has 88 valence electrons. The van der Waals surface area contributed by atoms with Gasteiger partial charge in [-0.2, -0.15) is 0 Å². The van der Waals surface area contributed by atoms with E-state index in [1.807, 2.05) is 20.0 Å². The Bertz CT molecular complexity index is 356. The molecule has 0 aliphatic heterocycles. The zero-order valence-electron chi connectivity index (χ0n) is 10.5. The summed E-state index contributed by atoms with van der Waals surface area (Å²) in [6, 6.07) is 0. The van der Waals surface area contributed by atoms with Crippen LogP contribution in [0.5, 0.6) is 0 Å². The average Bonchev–Trinajstić information content (AvgIpc) is 2.74. The van der Waals surface area contributed by atoms with Crippen molar-refractivity contribution in [1.82, 2.24) is 9.97 Å². The first-order valence-corrected chi connectivity index (χ1v) is 6.18. The van der Waals surface area contributed by atoms with Gasteiger partial charge in [-0.15, -0.1) is 0 Å². The molecule has 1 heterocycles. The Hall–Kier alpha value is -1.12. The lowest BCUT2D eigenvalue weighted by molar-refractivity contribution is 0.544. The van der Waals surface area contributed by atoms with E-state index >= 15 is 0 Å². The molecule has 3 heteroatoms. The molecule has 0 bridgehead atoms. The molecule has 0 aromatic carbocycles. The van der Waals surface area contributed by atoms with Crippen LogP contribution in [0, 0.1) is 19.8 Å². The van der Waals surface area contributed by atoms with Gasteiger partial charge in [0.15, 0.2) is 0 Å². The maximum atomic E-state index is 4.58. The second kappa shape index (κ2) is 4.81. The van der Waals surface area contributed by atoms with Crippen LogP contribution in [-0.4, -0.2) is 23.6 Å². The van der Waals surface area contributed by atoms with Gasteiger partial charge in [0.25, 0.3) is 0 Å². The minimum Gasteiger partial charge on any atom is -0.358 e. The predicted molar refractivity (Wildman–Crippen MR) is 66.7 cm³/mol. The van der Waals surface area contributed by atoms with Gasteiger partial charge in [0, 0.05) is 19.8 Å². The molecule has 1 aliphatic rings. The number of nitrogens with zero attached hydrogens (tertiary/aromatic N) is 3. The monoisotopic (exact) mass is 219 g/mol. The summed E-state index contributed by atoms with van der Waals surface area (Å²) < 4.78 is 0. The van der Waals surface area contributed by atoms with Gasteiger partial charge in [-0.1, -0.05) is 12.8 Å². The Morgan fingerprint density at radius 1 is 1.31 bits per heavy atom. The Morgan fingerprint density at radius 3 is 2.69 bits per heavy atom. The Balaban J connectivity index is 2.07. The first kappa shape index (κ1) is 11.4. The summed E-state index contributed by atoms with van der Waals surface area (Å²) >= 11 is 0. The van der Waals surface area contributed by atoms with Crippen molar-refractivity contribution in [3.63, 3.8) is 0 Å². The van der Waals surface area contributed by atoms with E-state index < -0.39 is 0 Å². The van der Waals surface area contributed by atoms with Crippen LogP contribution in [0.15, 0.2) is 6.20 Å². The molecule has 1 saturated carbocycles. The predicted octanol–water partition coefficient (Wildman–Crippen LogP) is 2.72. The van der Waals surface area contributed by atoms with E-state index in [1.54, 1.807) is 0 Å². The summed E-state index contributed by atoms with van der Waals surface area (Å²) in [6.45, 7) is 5.16. The summed E-state index contributed by atoms with van der Waals surface area (Å²) in [6.07, 6.45) is 7.39. The van der Waals surface area contributed by atoms with Crippen molar-refractivity contribution in [2.24, 2.45) is 5.92 Å². The molecule has 1 fully saturated rings. The molecule has 0 N–H and O–H groups in total. The van der Waals surface area contributed by atoms with Crippen molar-refractivity contribution in [3.8, 4) is 0 Å². The molecule has 1 aromatic heterocycles. The molecule has 0 unspecified atom stereocenters. The maximum Gasteiger partial charge on any atom is 0.150 e. The number of hydrogen-bond donors (Lipinski definition) is 0. The van der Waals surface area contributed by atoms with Crippen molar-refractivity contribution >= 4 is 5.82 Å². The van der Waals surface area contributed by atoms with Gasteiger partial charge in [-0.3, -0.25) is 4.98 Å². The van der Waals surface area contributed by atoms with Crippen LogP contribution >= 0.6 is 0 Å². The molecule has 1 aromatic rings. The van der Waals surface area contributed by atoms with Crippen LogP contribution in [0.4, 0.5) is 5.82 Å². The topological polar surface area (TPSA) is 29.0 Å². The minimum absolute atomic E-state index is 0.853. The van der Waals surface area contributed by atoms with Crippen molar-refractivity contribution in [3.05, 3.63) is 17.6 Å². The van der Waals surface area contributed by atoms with Crippen molar-refractivity contribution < 1.29 is 0 Å². The third-order valence-corrected chi connectivity index (χ3v) is 3.42. The van der Waals surface area contributed by atoms with Crippen molar-refractivity contribution in [2.45, 2.75) is 39.5 Å². The first-order chi connectivity index (χ1) is 7.66. The summed E-state index contributed by atoms with van der Waals surface area (Å²) in [5.41, 5.74) is 2.03. The zero-order chi connectivity index (χ0) is 11.5. The number of rotatable bonds is 3. The fourth-order valence-corrected chi connectivity index (χ4v) is 2.55. The van der Waals surface area contributed by atoms with Gasteiger partial charge in [0.1, 0.15) is 5.82 Å². The number of aromatic nitrogens is 2. The number of hydrogen-bond acceptors (Lipinski definition) is 3. The third-order valence-electron chi connectivity index (χ3n) is 3.42. The van der Waals surface area contributed by atoms with Gasteiger partial charge in [-0.05, 0) is 32.6 Å². The molecule has 0 amide bonds. The highest BCUT2D eigenvalue weighted by Gasteiger charge is 2.18. The standard InChI is InChI=1S/C13H21N3/c1-10-8-14-11(2)13(15-10)16(3)9-12-6-4-5-7-12/h8,12H,4-7,9H2,1-3H3. The molecule has 2 rings (SSSR count). The summed E-state index contributed by atoms with van der Waals surface area (Å²) in [4.78, 5) is 11.2. The summed E-state index contributed by atoms with van der Waals surface area (Å²) in [7, 11) is 2.13. The smallest absolute Gasteiger partial charge is 0.150 e. The van der Waals surface area contributed by atoms with E-state index in [0.29, 0.717) is 0 Å². The van der Waals surface area contributed by atoms with Gasteiger partial charge >= 0.3 is 0 Å². The van der Waals surface area contributed by atoms with Crippen LogP contribution in [0.3, 0.4) is 0 Å². The lowest BCUT2D eigenvalue weighted by Gasteiger charge is -2.23. The van der Waals surface area contributed by atoms with Crippen LogP contribution in [0.25, 0.3) is 0 Å². The van der Waals surface area contributed by atoms with Gasteiger partial charge in [-0.25, -0.2) is 4.98 Å². The third kappa shape index (κ3) is 2.52. The fraction of sp³-hybridized carbons (Fsp3) is 0.692. The second-order valence-electron chi connectivity index (χ2n) is 4.95. The lowest BCUT2D eigenvalue weighted by Crippen LogP contribution is -2.26. The maximum absolute atomic E-state index is 4.58. The van der Waals surface area contributed by atoms with Crippen LogP contribution in [0.2, 0.25) is 0 Å². The molecular weight excluding hydrogens is 198 g/mol. The summed E-state index contributed by atoms with van der Waals surface area (Å²) in [5, 5.41) is 0. The van der Waals surface area contributed by atoms with Gasteiger partial charge < -0.3 is 4.90 Å². The number of anilines is 1. The number of aryl methyl sites for hydroxylation is 2. The second-order valence-corrected chi connectivity index (χ2v) is 4.95. The molecule has 0 saturated heterocycles. The van der Waals surface area contributed by atoms with E-state index in [1.165, 1.54) is 25.7 Å². The highest BCUT2D eigenvalue weighted by Crippen LogP contribution is 2.26. The van der Waals surface area contributed by atoms with E-state index in [-0.39, 0.29) is 0 Å². The highest BCUT2D eigenvalue weighted by molar-refractivity contribution is 5.42. The lowest BCUT2D eigenvalue weighted by atomic mass is 10.1. The Kier molecular flexibility index (Phi) is 3.42. The van der Waals surface area contributed by atoms with E-state index in [2.05, 4.69) is 21.9 Å². The minimum atomic E-state index is 0.853. The fourth-order valence-electron chi connectivity index (χ4n) is 2.55. The Morgan fingerprint density at radius 2 is 2.00 bits per heavy atom. The quantitative estimate of drug-likeness (QED) is 0.782. The molecule has 3 nitrogen and oxygen atoms in total. The molecule has 0 spiro atoms. The van der Waals surface area contributed by atoms with Gasteiger partial charge in [0.2, 0.25) is 0 Å². The Labute approximate surface area is 97.9 Å². The van der Waals surface area contributed by atoms with Crippen LogP contribution < -0.4 is 4.90 Å². The molecule has 1 aliphatic carbocycles. The van der Waals surface area contributed by atoms with Crippen LogP contribution in [-0.2, 0) is 0 Å². The van der Waals surface area contributed by atoms with Crippen molar-refractivity contribution in [2.75, 3.05) is 18.5 Å². The molecular formula is C13H21N3. The zero-order valence-corrected chi connectivity index (χ0v) is 10.5. The largest absolute Gasteiger partial charge is 0.358 e. The highest BCUT2D eigenvalue weighted by atomic mass is 15.2.